The van der Waals surface area contributed by atoms with Crippen LogP contribution in [-0.2, 0) is 4.74 Å². The van der Waals surface area contributed by atoms with E-state index < -0.39 is 60.1 Å². The largest absolute Gasteiger partial charge is 0.523 e. The predicted molar refractivity (Wildman–Crippen MR) is 52.8 cm³/mol. The van der Waals surface area contributed by atoms with E-state index in [0.717, 1.165) is 4.74 Å². The van der Waals surface area contributed by atoms with Gasteiger partial charge in [-0.25, -0.2) is 0 Å². The third kappa shape index (κ3) is 4.21. The van der Waals surface area contributed by atoms with Gasteiger partial charge in [0.05, 0.1) is 0 Å². The average molecular weight is 554 g/mol. The molecule has 0 aromatic heterocycles. The van der Waals surface area contributed by atoms with E-state index in [0.29, 0.717) is 0 Å². The van der Waals surface area contributed by atoms with Crippen molar-refractivity contribution in [1.29, 1.82) is 0 Å². The van der Waals surface area contributed by atoms with Gasteiger partial charge in [0.25, 0.3) is 0 Å². The Kier molecular flexibility index (Phi) is 7.10. The van der Waals surface area contributed by atoms with Crippen LogP contribution < -0.4 is 0 Å². The molecule has 23 heteroatoms. The molecular formula is C10F22O. The first-order valence-corrected chi connectivity index (χ1v) is 6.57. The van der Waals surface area contributed by atoms with Gasteiger partial charge in [-0.2, -0.15) is 83.4 Å². The highest BCUT2D eigenvalue weighted by atomic mass is 19.4. The summed E-state index contributed by atoms with van der Waals surface area (Å²) in [5.74, 6) is -45.6. The van der Waals surface area contributed by atoms with Crippen LogP contribution in [0.5, 0.6) is 0 Å². The summed E-state index contributed by atoms with van der Waals surface area (Å²) in [5, 5.41) is 0. The molecule has 0 amide bonds. The summed E-state index contributed by atoms with van der Waals surface area (Å²) in [6, 6.07) is 0. The van der Waals surface area contributed by atoms with Crippen molar-refractivity contribution in [3.8, 4) is 0 Å². The Morgan fingerprint density at radius 3 is 0.727 bits per heavy atom. The van der Waals surface area contributed by atoms with E-state index >= 15 is 0 Å². The molecule has 0 N–H and O–H groups in total. The molecule has 0 saturated carbocycles. The van der Waals surface area contributed by atoms with Gasteiger partial charge < -0.3 is 0 Å². The maximum atomic E-state index is 13.6. The first-order valence-electron chi connectivity index (χ1n) is 6.57. The third-order valence-electron chi connectivity index (χ3n) is 3.44. The zero-order chi connectivity index (χ0) is 27.7. The highest BCUT2D eigenvalue weighted by Gasteiger charge is 2.99. The van der Waals surface area contributed by atoms with Crippen molar-refractivity contribution in [2.75, 3.05) is 0 Å². The topological polar surface area (TPSA) is 9.23 Å². The van der Waals surface area contributed by atoms with Crippen LogP contribution in [0.3, 0.4) is 0 Å². The van der Waals surface area contributed by atoms with E-state index in [1.165, 1.54) is 0 Å². The van der Waals surface area contributed by atoms with Gasteiger partial charge in [0.2, 0.25) is 0 Å². The zero-order valence-corrected chi connectivity index (χ0v) is 13.7. The van der Waals surface area contributed by atoms with Crippen molar-refractivity contribution in [2.24, 2.45) is 0 Å². The highest BCUT2D eigenvalue weighted by Crippen LogP contribution is 2.66. The molecule has 0 aromatic rings. The predicted octanol–water partition coefficient (Wildman–Crippen LogP) is 7.13. The van der Waals surface area contributed by atoms with Gasteiger partial charge in [-0.1, -0.05) is 0 Å². The molecule has 0 rings (SSSR count). The highest BCUT2D eigenvalue weighted by molar-refractivity contribution is 5.19. The minimum absolute atomic E-state index is 0.898. The Morgan fingerprint density at radius 1 is 0.273 bits per heavy atom. The number of hydrogen-bond donors (Lipinski definition) is 0. The van der Waals surface area contributed by atoms with Crippen LogP contribution in [0.4, 0.5) is 96.6 Å². The van der Waals surface area contributed by atoms with Gasteiger partial charge in [0, 0.05) is 0 Å². The van der Waals surface area contributed by atoms with Crippen LogP contribution in [0.2, 0.25) is 0 Å². The van der Waals surface area contributed by atoms with Crippen molar-refractivity contribution in [1.82, 2.24) is 0 Å². The van der Waals surface area contributed by atoms with Crippen molar-refractivity contribution in [2.45, 2.75) is 60.1 Å². The van der Waals surface area contributed by atoms with E-state index in [2.05, 4.69) is 0 Å². The van der Waals surface area contributed by atoms with Gasteiger partial charge in [-0.15, -0.1) is 13.2 Å². The van der Waals surface area contributed by atoms with Crippen LogP contribution in [0.1, 0.15) is 0 Å². The second kappa shape index (κ2) is 7.46. The molecule has 0 heterocycles. The van der Waals surface area contributed by atoms with E-state index in [4.69, 9.17) is 0 Å². The number of rotatable bonds is 6. The smallest absolute Gasteiger partial charge is 0.260 e. The second-order valence-electron chi connectivity index (χ2n) is 5.59. The Labute approximate surface area is 163 Å². The summed E-state index contributed by atoms with van der Waals surface area (Å²) >= 11 is 0. The number of halogens is 22. The van der Waals surface area contributed by atoms with Gasteiger partial charge in [-0.05, 0) is 0 Å². The third-order valence-corrected chi connectivity index (χ3v) is 3.44. The summed E-state index contributed by atoms with van der Waals surface area (Å²) < 4.78 is 280. The molecule has 0 aliphatic carbocycles. The zero-order valence-electron chi connectivity index (χ0n) is 13.7. The van der Waals surface area contributed by atoms with E-state index in [9.17, 15) is 96.6 Å². The standard InChI is InChI=1S/C10F22O/c11-2(12,1(7(21,22)23,8(24,25)26)33-10(30,31)32)3(13,14)4(15,16)5(17,18)6(19,20)9(27,28)29. The van der Waals surface area contributed by atoms with Crippen LogP contribution in [0.15, 0.2) is 0 Å². The molecule has 0 radical (unpaired) electrons. The molecule has 0 unspecified atom stereocenters. The lowest BCUT2D eigenvalue weighted by Gasteiger charge is -2.47. The van der Waals surface area contributed by atoms with Crippen molar-refractivity contribution >= 4 is 0 Å². The summed E-state index contributed by atoms with van der Waals surface area (Å²) in [6.45, 7) is 0. The van der Waals surface area contributed by atoms with E-state index in [1.54, 1.807) is 0 Å². The minimum Gasteiger partial charge on any atom is -0.260 e. The molecule has 0 fully saturated rings. The molecule has 0 saturated heterocycles. The Morgan fingerprint density at radius 2 is 0.515 bits per heavy atom. The summed E-state index contributed by atoms with van der Waals surface area (Å²) in [7, 11) is 0. The van der Waals surface area contributed by atoms with Crippen LogP contribution in [-0.4, -0.2) is 60.1 Å². The summed E-state index contributed by atoms with van der Waals surface area (Å²) in [5.41, 5.74) is -8.93. The monoisotopic (exact) mass is 554 g/mol. The number of hydrogen-bond acceptors (Lipinski definition) is 1. The maximum Gasteiger partial charge on any atom is 0.523 e. The fraction of sp³-hybridized carbons (Fsp3) is 1.00. The lowest BCUT2D eigenvalue weighted by molar-refractivity contribution is -0.533. The maximum absolute atomic E-state index is 13.6. The lowest BCUT2D eigenvalue weighted by Crippen LogP contribution is -2.80. The normalized spacial score (nSPS) is 16.9. The van der Waals surface area contributed by atoms with Crippen molar-refractivity contribution < 1.29 is 101 Å². The first kappa shape index (κ1) is 31.4. The summed E-state index contributed by atoms with van der Waals surface area (Å²) in [4.78, 5) is 0. The van der Waals surface area contributed by atoms with Gasteiger partial charge in [0.15, 0.2) is 0 Å². The Hall–Kier alpha value is -1.58. The quantitative estimate of drug-likeness (QED) is 0.318. The molecular weight excluding hydrogens is 554 g/mol. The molecule has 0 spiro atoms. The Balaban J connectivity index is 7.51. The molecule has 0 aromatic carbocycles. The molecule has 0 atom stereocenters. The Bertz CT molecular complexity index is 685. The molecule has 0 aliphatic heterocycles. The van der Waals surface area contributed by atoms with Crippen molar-refractivity contribution in [3.05, 3.63) is 0 Å². The average Bonchev–Trinajstić information content (AvgIpc) is 2.47. The lowest BCUT2D eigenvalue weighted by atomic mass is 9.83. The SMILES string of the molecule is FC(F)(F)OC(C(F)(F)F)(C(F)(F)F)C(F)(F)C(F)(F)C(F)(F)C(F)(F)C(F)(F)C(F)(F)F. The van der Waals surface area contributed by atoms with Crippen molar-refractivity contribution in [3.63, 3.8) is 0 Å². The van der Waals surface area contributed by atoms with Gasteiger partial charge in [-0.3, -0.25) is 4.74 Å². The second-order valence-corrected chi connectivity index (χ2v) is 5.59. The van der Waals surface area contributed by atoms with Gasteiger partial charge in [0.1, 0.15) is 0 Å². The van der Waals surface area contributed by atoms with Gasteiger partial charge >= 0.3 is 60.1 Å². The minimum atomic E-state index is -9.39. The fourth-order valence-electron chi connectivity index (χ4n) is 1.86. The fourth-order valence-corrected chi connectivity index (χ4v) is 1.86. The molecule has 200 valence electrons. The first-order chi connectivity index (χ1) is 13.7. The van der Waals surface area contributed by atoms with Crippen LogP contribution in [0, 0.1) is 0 Å². The van der Waals surface area contributed by atoms with E-state index in [1.807, 2.05) is 0 Å². The van der Waals surface area contributed by atoms with Crippen LogP contribution in [0.25, 0.3) is 0 Å². The molecule has 0 aliphatic rings. The van der Waals surface area contributed by atoms with Crippen LogP contribution >= 0.6 is 0 Å². The number of alkyl halides is 22. The number of ether oxygens (including phenoxy) is 1. The van der Waals surface area contributed by atoms with E-state index in [-0.39, 0.29) is 0 Å². The molecule has 1 nitrogen and oxygen atoms in total. The molecule has 33 heavy (non-hydrogen) atoms. The summed E-state index contributed by atoms with van der Waals surface area (Å²) in [6.07, 6.45) is -33.1. The molecule has 0 bridgehead atoms.